The molecule has 0 bridgehead atoms. The molecule has 0 spiro atoms. The fraction of sp³-hybridized carbons (Fsp3) is 0.500. The molecule has 4 rings (SSSR count). The Morgan fingerprint density at radius 1 is 1.07 bits per heavy atom. The number of aliphatic hydroxyl groups is 1. The zero-order chi connectivity index (χ0) is 32.6. The van der Waals surface area contributed by atoms with Gasteiger partial charge in [0.1, 0.15) is 23.2 Å². The lowest BCUT2D eigenvalue weighted by Gasteiger charge is -2.33. The van der Waals surface area contributed by atoms with Gasteiger partial charge in [-0.25, -0.2) is 9.69 Å². The maximum atomic E-state index is 14.1. The third kappa shape index (κ3) is 9.06. The van der Waals surface area contributed by atoms with Crippen LogP contribution in [0.5, 0.6) is 0 Å². The number of carbonyl (C=O) groups excluding carboxylic acids is 2. The molecule has 2 heterocycles. The van der Waals surface area contributed by atoms with Crippen molar-refractivity contribution in [2.24, 2.45) is 11.8 Å². The van der Waals surface area contributed by atoms with Crippen molar-refractivity contribution in [1.29, 1.82) is 0 Å². The van der Waals surface area contributed by atoms with Crippen LogP contribution in [0.1, 0.15) is 76.2 Å². The fourth-order valence-corrected chi connectivity index (χ4v) is 6.53. The highest BCUT2D eigenvalue weighted by atomic mass is 79.9. The quantitative estimate of drug-likeness (QED) is 0.155. The predicted octanol–water partition coefficient (Wildman–Crippen LogP) is 7.66. The van der Waals surface area contributed by atoms with E-state index >= 15 is 0 Å². The van der Waals surface area contributed by atoms with E-state index in [4.69, 9.17) is 18.6 Å². The van der Waals surface area contributed by atoms with Crippen LogP contribution in [-0.4, -0.2) is 53.0 Å². The highest BCUT2D eigenvalue weighted by molar-refractivity contribution is 9.10. The van der Waals surface area contributed by atoms with Crippen molar-refractivity contribution < 1.29 is 33.3 Å². The predicted molar refractivity (Wildman–Crippen MR) is 175 cm³/mol. The van der Waals surface area contributed by atoms with Crippen LogP contribution in [0.3, 0.4) is 0 Å². The van der Waals surface area contributed by atoms with E-state index in [0.29, 0.717) is 42.9 Å². The molecule has 1 aliphatic rings. The van der Waals surface area contributed by atoms with E-state index in [1.165, 1.54) is 4.90 Å². The number of nitrogens with zero attached hydrogens (tertiary/aromatic N) is 1. The first kappa shape index (κ1) is 34.9. The second-order valence-electron chi connectivity index (χ2n) is 12.5. The first-order chi connectivity index (χ1) is 21.5. The summed E-state index contributed by atoms with van der Waals surface area (Å²) in [5.41, 5.74) is 1.15. The van der Waals surface area contributed by atoms with Crippen LogP contribution in [0.15, 0.2) is 75.6 Å². The van der Waals surface area contributed by atoms with E-state index in [-0.39, 0.29) is 24.2 Å². The van der Waals surface area contributed by atoms with Crippen molar-refractivity contribution >= 4 is 27.9 Å². The van der Waals surface area contributed by atoms with Gasteiger partial charge in [0.15, 0.2) is 0 Å². The first-order valence-corrected chi connectivity index (χ1v) is 16.6. The summed E-state index contributed by atoms with van der Waals surface area (Å²) in [5, 5.41) is 11.6. The van der Waals surface area contributed by atoms with Gasteiger partial charge in [-0.3, -0.25) is 4.79 Å². The lowest BCUT2D eigenvalue weighted by molar-refractivity contribution is -0.139. The smallest absolute Gasteiger partial charge is 0.417 e. The third-order valence-corrected chi connectivity index (χ3v) is 8.92. The van der Waals surface area contributed by atoms with Crippen LogP contribution in [-0.2, 0) is 38.5 Å². The van der Waals surface area contributed by atoms with Crippen molar-refractivity contribution in [3.8, 4) is 0 Å². The highest BCUT2D eigenvalue weighted by Crippen LogP contribution is 2.38. The summed E-state index contributed by atoms with van der Waals surface area (Å²) in [6, 6.07) is 20.8. The van der Waals surface area contributed by atoms with E-state index in [1.54, 1.807) is 6.07 Å². The molecule has 3 aromatic rings. The maximum Gasteiger partial charge on any atom is 0.417 e. The summed E-state index contributed by atoms with van der Waals surface area (Å²) in [6.07, 6.45) is 0.395. The number of hydrogen-bond donors (Lipinski definition) is 1. The monoisotopic (exact) mass is 683 g/mol. The SMILES string of the molecule is CC[C@H](COCCCc1oc([C@@H](O)[C@H](Cc2ccccc2)C(=O)N2C(=O)OC(C)(C)C2C(C)C)cc1Br)OCc1ccccc1. The Balaban J connectivity index is 1.40. The van der Waals surface area contributed by atoms with Crippen LogP contribution in [0, 0.1) is 11.8 Å². The number of imide groups is 1. The lowest BCUT2D eigenvalue weighted by atomic mass is 9.86. The van der Waals surface area contributed by atoms with Crippen LogP contribution >= 0.6 is 15.9 Å². The number of rotatable bonds is 16. The van der Waals surface area contributed by atoms with Gasteiger partial charge in [-0.05, 0) is 72.2 Å². The molecule has 244 valence electrons. The minimum atomic E-state index is -1.28. The van der Waals surface area contributed by atoms with Crippen molar-refractivity contribution in [2.75, 3.05) is 13.2 Å². The molecular formula is C36H46BrNO7. The molecule has 9 heteroatoms. The largest absolute Gasteiger partial charge is 0.462 e. The van der Waals surface area contributed by atoms with Gasteiger partial charge in [0.25, 0.3) is 0 Å². The molecule has 2 amide bonds. The van der Waals surface area contributed by atoms with Gasteiger partial charge >= 0.3 is 6.09 Å². The van der Waals surface area contributed by atoms with Crippen LogP contribution in [0.25, 0.3) is 0 Å². The number of cyclic esters (lactones) is 1. The number of carbonyl (C=O) groups is 2. The van der Waals surface area contributed by atoms with Gasteiger partial charge in [0.2, 0.25) is 5.91 Å². The second-order valence-corrected chi connectivity index (χ2v) is 13.4. The summed E-state index contributed by atoms with van der Waals surface area (Å²) < 4.78 is 24.4. The van der Waals surface area contributed by atoms with Crippen molar-refractivity contribution in [3.05, 3.63) is 93.9 Å². The number of benzene rings is 2. The molecule has 0 radical (unpaired) electrons. The summed E-state index contributed by atoms with van der Waals surface area (Å²) in [6.45, 7) is 11.2. The van der Waals surface area contributed by atoms with Crippen molar-refractivity contribution in [1.82, 2.24) is 4.90 Å². The molecule has 1 fully saturated rings. The number of aryl methyl sites for hydroxylation is 1. The Kier molecular flexibility index (Phi) is 12.4. The highest BCUT2D eigenvalue weighted by Gasteiger charge is 2.53. The minimum Gasteiger partial charge on any atom is -0.462 e. The molecule has 2 aromatic carbocycles. The summed E-state index contributed by atoms with van der Waals surface area (Å²) in [5.74, 6) is -0.568. The maximum absolute atomic E-state index is 14.1. The molecule has 45 heavy (non-hydrogen) atoms. The molecular weight excluding hydrogens is 638 g/mol. The van der Waals surface area contributed by atoms with Gasteiger partial charge in [0, 0.05) is 13.0 Å². The number of furan rings is 1. The first-order valence-electron chi connectivity index (χ1n) is 15.8. The molecule has 0 aliphatic carbocycles. The summed E-state index contributed by atoms with van der Waals surface area (Å²) in [7, 11) is 0. The van der Waals surface area contributed by atoms with Crippen LogP contribution < -0.4 is 0 Å². The van der Waals surface area contributed by atoms with Gasteiger partial charge < -0.3 is 23.7 Å². The summed E-state index contributed by atoms with van der Waals surface area (Å²) in [4.78, 5) is 28.3. The van der Waals surface area contributed by atoms with Gasteiger partial charge in [-0.1, -0.05) is 81.4 Å². The number of halogens is 1. The molecule has 1 aliphatic heterocycles. The van der Waals surface area contributed by atoms with Gasteiger partial charge in [-0.15, -0.1) is 0 Å². The standard InChI is InChI=1S/C36H46BrNO7/c1-6-27(43-22-26-16-11-8-12-17-26)23-42-19-13-18-30-29(37)21-31(44-30)32(39)28(20-25-14-9-7-10-15-25)34(40)38-33(24(2)3)36(4,5)45-35(38)41/h7-12,14-17,21,24,27-28,32-33,39H,6,13,18-20,22-23H2,1-5H3/t27-,28+,32+,33?/m1/s1. The van der Waals surface area contributed by atoms with Gasteiger partial charge in [-0.2, -0.15) is 0 Å². The Morgan fingerprint density at radius 3 is 2.33 bits per heavy atom. The van der Waals surface area contributed by atoms with E-state index in [1.807, 2.05) is 88.4 Å². The van der Waals surface area contributed by atoms with Crippen LogP contribution in [0.2, 0.25) is 0 Å². The van der Waals surface area contributed by atoms with E-state index in [0.717, 1.165) is 17.5 Å². The van der Waals surface area contributed by atoms with E-state index in [9.17, 15) is 14.7 Å². The second kappa shape index (κ2) is 16.0. The topological polar surface area (TPSA) is 98.4 Å². The normalized spacial score (nSPS) is 18.2. The Morgan fingerprint density at radius 2 is 1.71 bits per heavy atom. The zero-order valence-electron chi connectivity index (χ0n) is 26.9. The molecule has 1 unspecified atom stereocenters. The van der Waals surface area contributed by atoms with Crippen molar-refractivity contribution in [3.63, 3.8) is 0 Å². The molecule has 1 N–H and O–H groups in total. The third-order valence-electron chi connectivity index (χ3n) is 8.25. The minimum absolute atomic E-state index is 0.00940. The molecule has 4 atom stereocenters. The zero-order valence-corrected chi connectivity index (χ0v) is 28.5. The molecule has 0 saturated carbocycles. The number of ether oxygens (including phenoxy) is 3. The average Bonchev–Trinajstić information content (AvgIpc) is 3.51. The van der Waals surface area contributed by atoms with Gasteiger partial charge in [0.05, 0.1) is 35.8 Å². The Labute approximate surface area is 275 Å². The number of aliphatic hydroxyl groups excluding tert-OH is 1. The summed E-state index contributed by atoms with van der Waals surface area (Å²) >= 11 is 3.57. The average molecular weight is 685 g/mol. The van der Waals surface area contributed by atoms with E-state index < -0.39 is 35.7 Å². The van der Waals surface area contributed by atoms with E-state index in [2.05, 4.69) is 22.9 Å². The lowest BCUT2D eigenvalue weighted by Crippen LogP contribution is -2.50. The van der Waals surface area contributed by atoms with Crippen molar-refractivity contribution in [2.45, 2.75) is 90.8 Å². The Bertz CT molecular complexity index is 1370. The van der Waals surface area contributed by atoms with Crippen LogP contribution in [0.4, 0.5) is 4.79 Å². The molecule has 1 saturated heterocycles. The Hall–Kier alpha value is -2.98. The molecule has 8 nitrogen and oxygen atoms in total. The molecule has 1 aromatic heterocycles. The number of hydrogen-bond acceptors (Lipinski definition) is 7. The number of amides is 2. The fourth-order valence-electron chi connectivity index (χ4n) is 6.03.